The number of halogens is 1. The van der Waals surface area contributed by atoms with Gasteiger partial charge < -0.3 is 14.5 Å². The molecule has 0 N–H and O–H groups in total. The topological polar surface area (TPSA) is 62.7 Å². The number of hydrogen-bond acceptors (Lipinski definition) is 4. The smallest absolute Gasteiger partial charge is 0.410 e. The van der Waals surface area contributed by atoms with Gasteiger partial charge in [0.2, 0.25) is 0 Å². The Bertz CT molecular complexity index is 967. The van der Waals surface area contributed by atoms with Gasteiger partial charge >= 0.3 is 6.09 Å². The second-order valence-electron chi connectivity index (χ2n) is 7.43. The van der Waals surface area contributed by atoms with Gasteiger partial charge in [0.05, 0.1) is 10.5 Å². The number of fused-ring (bicyclic) bond motifs is 2. The van der Waals surface area contributed by atoms with Gasteiger partial charge in [0.15, 0.2) is 0 Å². The molecule has 1 aromatic carbocycles. The van der Waals surface area contributed by atoms with E-state index in [1.807, 2.05) is 18.2 Å². The Hall–Kier alpha value is -2.60. The van der Waals surface area contributed by atoms with Gasteiger partial charge in [-0.2, -0.15) is 0 Å². The number of pyridine rings is 1. The normalized spacial score (nSPS) is 16.4. The first-order chi connectivity index (χ1) is 14.1. The summed E-state index contributed by atoms with van der Waals surface area (Å²) in [5, 5.41) is 1.67. The summed E-state index contributed by atoms with van der Waals surface area (Å²) in [7, 11) is 0. The Morgan fingerprint density at radius 2 is 1.86 bits per heavy atom. The summed E-state index contributed by atoms with van der Waals surface area (Å²) < 4.78 is 5.06. The number of piperazine rings is 1. The Morgan fingerprint density at radius 3 is 2.62 bits per heavy atom. The molecule has 0 atom stereocenters. The van der Waals surface area contributed by atoms with Gasteiger partial charge in [-0.15, -0.1) is 0 Å². The molecule has 6 nitrogen and oxygen atoms in total. The van der Waals surface area contributed by atoms with Crippen molar-refractivity contribution in [2.45, 2.75) is 25.7 Å². The van der Waals surface area contributed by atoms with Crippen LogP contribution in [0.2, 0.25) is 5.02 Å². The molecule has 7 heteroatoms. The molecule has 4 rings (SSSR count). The molecule has 1 fully saturated rings. The number of aryl methyl sites for hydroxylation is 1. The van der Waals surface area contributed by atoms with Crippen molar-refractivity contribution in [1.82, 2.24) is 14.8 Å². The third-order valence-corrected chi connectivity index (χ3v) is 6.02. The van der Waals surface area contributed by atoms with Crippen molar-refractivity contribution >= 4 is 34.5 Å². The highest BCUT2D eigenvalue weighted by molar-refractivity contribution is 6.36. The van der Waals surface area contributed by atoms with Crippen molar-refractivity contribution in [3.05, 3.63) is 52.7 Å². The molecule has 0 spiro atoms. The molecule has 2 aromatic rings. The summed E-state index contributed by atoms with van der Waals surface area (Å²) in [5.74, 6) is -0.0540. The fourth-order valence-corrected chi connectivity index (χ4v) is 4.36. The molecule has 29 heavy (non-hydrogen) atoms. The van der Waals surface area contributed by atoms with Gasteiger partial charge in [-0.3, -0.25) is 9.78 Å². The van der Waals surface area contributed by atoms with Crippen LogP contribution < -0.4 is 0 Å². The first kappa shape index (κ1) is 19.7. The molecular formula is C22H24ClN3O3. The van der Waals surface area contributed by atoms with Crippen molar-refractivity contribution in [2.75, 3.05) is 32.8 Å². The summed E-state index contributed by atoms with van der Waals surface area (Å²) in [6, 6.07) is 5.55. The lowest BCUT2D eigenvalue weighted by Crippen LogP contribution is -2.50. The number of carbonyl (C=O) groups excluding carboxylic acids is 2. The summed E-state index contributed by atoms with van der Waals surface area (Å²) in [6.45, 7) is 5.57. The Morgan fingerprint density at radius 1 is 1.14 bits per heavy atom. The highest BCUT2D eigenvalue weighted by Crippen LogP contribution is 2.33. The predicted octanol–water partition coefficient (Wildman–Crippen LogP) is 3.85. The maximum absolute atomic E-state index is 13.0. The largest absolute Gasteiger partial charge is 0.445 e. The highest BCUT2D eigenvalue weighted by atomic mass is 35.5. The van der Waals surface area contributed by atoms with Crippen LogP contribution in [0.25, 0.3) is 10.9 Å². The Labute approximate surface area is 175 Å². The van der Waals surface area contributed by atoms with Crippen LogP contribution in [0.3, 0.4) is 0 Å². The molecule has 1 saturated heterocycles. The lowest BCUT2D eigenvalue weighted by molar-refractivity contribution is 0.0581. The maximum atomic E-state index is 13.0. The number of hydrogen-bond donors (Lipinski definition) is 0. The van der Waals surface area contributed by atoms with E-state index in [9.17, 15) is 9.59 Å². The fourth-order valence-electron chi connectivity index (χ4n) is 4.00. The number of nitrogens with zero attached hydrogens (tertiary/aromatic N) is 3. The van der Waals surface area contributed by atoms with Crippen molar-refractivity contribution in [1.29, 1.82) is 0 Å². The number of ether oxygens (including phenoxy) is 1. The van der Waals surface area contributed by atoms with Crippen LogP contribution in [-0.2, 0) is 17.6 Å². The molecule has 0 saturated carbocycles. The molecule has 0 unspecified atom stereocenters. The van der Waals surface area contributed by atoms with E-state index in [1.165, 1.54) is 6.08 Å². The number of aromatic nitrogens is 1. The van der Waals surface area contributed by atoms with E-state index in [4.69, 9.17) is 21.3 Å². The van der Waals surface area contributed by atoms with Gasteiger partial charge in [0, 0.05) is 42.8 Å². The number of rotatable bonds is 3. The lowest BCUT2D eigenvalue weighted by Gasteiger charge is -2.34. The van der Waals surface area contributed by atoms with E-state index in [2.05, 4.69) is 6.58 Å². The van der Waals surface area contributed by atoms with E-state index in [0.717, 1.165) is 52.9 Å². The molecule has 0 radical (unpaired) electrons. The van der Waals surface area contributed by atoms with Gasteiger partial charge in [0.1, 0.15) is 6.61 Å². The molecule has 1 aliphatic carbocycles. The minimum atomic E-state index is -0.369. The predicted molar refractivity (Wildman–Crippen MR) is 112 cm³/mol. The van der Waals surface area contributed by atoms with Crippen molar-refractivity contribution in [2.24, 2.45) is 0 Å². The van der Waals surface area contributed by atoms with Gasteiger partial charge in [-0.1, -0.05) is 30.3 Å². The summed E-state index contributed by atoms with van der Waals surface area (Å²) >= 11 is 6.63. The molecule has 2 aliphatic rings. The second-order valence-corrected chi connectivity index (χ2v) is 7.81. The zero-order chi connectivity index (χ0) is 20.4. The standard InChI is InChI=1S/C22H24ClN3O3/c1-2-13-29-22(28)26-11-9-25(10-12-26)21(27)15-7-8-17-19(14-15)24-18-6-4-3-5-16(18)20(17)23/h2,7-8,14H,1,3-6,9-13H2. The quantitative estimate of drug-likeness (QED) is 0.717. The van der Waals surface area contributed by atoms with Crippen molar-refractivity contribution in [3.8, 4) is 0 Å². The molecule has 1 aromatic heterocycles. The van der Waals surface area contributed by atoms with Crippen LogP contribution in [0.1, 0.15) is 34.5 Å². The number of benzene rings is 1. The molecule has 2 amide bonds. The zero-order valence-electron chi connectivity index (χ0n) is 16.3. The highest BCUT2D eigenvalue weighted by Gasteiger charge is 2.26. The molecule has 2 heterocycles. The molecule has 1 aliphatic heterocycles. The molecular weight excluding hydrogens is 390 g/mol. The second kappa shape index (κ2) is 8.41. The average molecular weight is 414 g/mol. The maximum Gasteiger partial charge on any atom is 0.410 e. The van der Waals surface area contributed by atoms with Crippen LogP contribution in [0.5, 0.6) is 0 Å². The Kier molecular flexibility index (Phi) is 5.72. The van der Waals surface area contributed by atoms with E-state index in [-0.39, 0.29) is 18.6 Å². The van der Waals surface area contributed by atoms with E-state index in [0.29, 0.717) is 31.7 Å². The number of carbonyl (C=O) groups is 2. The summed E-state index contributed by atoms with van der Waals surface area (Å²) in [6.07, 6.45) is 5.34. The van der Waals surface area contributed by atoms with Crippen LogP contribution >= 0.6 is 11.6 Å². The van der Waals surface area contributed by atoms with Gasteiger partial charge in [0.25, 0.3) is 5.91 Å². The minimum absolute atomic E-state index is 0.0540. The van der Waals surface area contributed by atoms with Gasteiger partial charge in [-0.05, 0) is 43.4 Å². The summed E-state index contributed by atoms with van der Waals surface area (Å²) in [4.78, 5) is 33.1. The number of amides is 2. The van der Waals surface area contributed by atoms with Crippen LogP contribution in [0, 0.1) is 0 Å². The van der Waals surface area contributed by atoms with Crippen molar-refractivity contribution < 1.29 is 14.3 Å². The van der Waals surface area contributed by atoms with Crippen LogP contribution in [0.15, 0.2) is 30.9 Å². The van der Waals surface area contributed by atoms with E-state index >= 15 is 0 Å². The van der Waals surface area contributed by atoms with Gasteiger partial charge in [-0.25, -0.2) is 4.79 Å². The molecule has 152 valence electrons. The van der Waals surface area contributed by atoms with E-state index < -0.39 is 0 Å². The SMILES string of the molecule is C=CCOC(=O)N1CCN(C(=O)c2ccc3c(Cl)c4c(nc3c2)CCCC4)CC1. The first-order valence-electron chi connectivity index (χ1n) is 10.0. The minimum Gasteiger partial charge on any atom is -0.445 e. The lowest BCUT2D eigenvalue weighted by atomic mass is 9.94. The zero-order valence-corrected chi connectivity index (χ0v) is 17.1. The third-order valence-electron chi connectivity index (χ3n) is 5.59. The van der Waals surface area contributed by atoms with Crippen molar-refractivity contribution in [3.63, 3.8) is 0 Å². The third kappa shape index (κ3) is 3.94. The Balaban J connectivity index is 1.49. The molecule has 0 bridgehead atoms. The monoisotopic (exact) mass is 413 g/mol. The first-order valence-corrected chi connectivity index (χ1v) is 10.4. The average Bonchev–Trinajstić information content (AvgIpc) is 2.77. The fraction of sp³-hybridized carbons (Fsp3) is 0.409. The van der Waals surface area contributed by atoms with E-state index in [1.54, 1.807) is 9.80 Å². The summed E-state index contributed by atoms with van der Waals surface area (Å²) in [5.41, 5.74) is 3.58. The van der Waals surface area contributed by atoms with Crippen LogP contribution in [0.4, 0.5) is 4.79 Å². The van der Waals surface area contributed by atoms with Crippen LogP contribution in [-0.4, -0.2) is 59.6 Å².